The first-order valence-corrected chi connectivity index (χ1v) is 9.37. The first-order valence-electron chi connectivity index (χ1n) is 9.37. The lowest BCUT2D eigenvalue weighted by molar-refractivity contribution is 0.613. The number of imidazole rings is 1. The van der Waals surface area contributed by atoms with Gasteiger partial charge in [-0.2, -0.15) is 0 Å². The Morgan fingerprint density at radius 3 is 2.52 bits per heavy atom. The third kappa shape index (κ3) is 3.02. The predicted molar refractivity (Wildman–Crippen MR) is 103 cm³/mol. The summed E-state index contributed by atoms with van der Waals surface area (Å²) in [7, 11) is 1.77. The zero-order valence-corrected chi connectivity index (χ0v) is 15.6. The van der Waals surface area contributed by atoms with Gasteiger partial charge in [0.15, 0.2) is 11.2 Å². The SMILES string of the molecule is CCCCn1c(=O)[nH]c(=O)c2c1nc(-c1cnc(N3CCCC3)nc1)n2C. The minimum absolute atomic E-state index is 0.379. The molecule has 0 spiro atoms. The minimum atomic E-state index is -0.432. The van der Waals surface area contributed by atoms with E-state index in [-0.39, 0.29) is 0 Å². The van der Waals surface area contributed by atoms with Crippen LogP contribution in [0.4, 0.5) is 5.95 Å². The second-order valence-electron chi connectivity index (χ2n) is 6.90. The number of hydrogen-bond acceptors (Lipinski definition) is 6. The first kappa shape index (κ1) is 17.4. The van der Waals surface area contributed by atoms with Crippen molar-refractivity contribution in [3.05, 3.63) is 33.2 Å². The van der Waals surface area contributed by atoms with Gasteiger partial charge < -0.3 is 9.47 Å². The maximum absolute atomic E-state index is 12.4. The van der Waals surface area contributed by atoms with Crippen LogP contribution in [-0.4, -0.2) is 42.2 Å². The van der Waals surface area contributed by atoms with Crippen LogP contribution in [0.15, 0.2) is 22.0 Å². The van der Waals surface area contributed by atoms with Crippen molar-refractivity contribution in [1.29, 1.82) is 0 Å². The quantitative estimate of drug-likeness (QED) is 0.727. The number of aryl methyl sites for hydroxylation is 2. The number of H-pyrrole nitrogens is 1. The monoisotopic (exact) mass is 369 g/mol. The second kappa shape index (κ2) is 6.98. The van der Waals surface area contributed by atoms with Gasteiger partial charge in [0.1, 0.15) is 5.82 Å². The molecule has 0 atom stereocenters. The van der Waals surface area contributed by atoms with E-state index in [0.717, 1.165) is 38.8 Å². The van der Waals surface area contributed by atoms with Crippen molar-refractivity contribution in [2.24, 2.45) is 7.05 Å². The van der Waals surface area contributed by atoms with E-state index in [2.05, 4.69) is 31.8 Å². The number of rotatable bonds is 5. The fourth-order valence-electron chi connectivity index (χ4n) is 3.55. The average Bonchev–Trinajstić information content (AvgIpc) is 3.30. The number of anilines is 1. The van der Waals surface area contributed by atoms with Crippen molar-refractivity contribution in [2.75, 3.05) is 18.0 Å². The summed E-state index contributed by atoms with van der Waals surface area (Å²) in [5.41, 5.74) is 0.637. The normalized spacial score (nSPS) is 14.4. The van der Waals surface area contributed by atoms with Gasteiger partial charge in [-0.1, -0.05) is 13.3 Å². The van der Waals surface area contributed by atoms with Gasteiger partial charge in [-0.25, -0.2) is 19.7 Å². The van der Waals surface area contributed by atoms with Crippen LogP contribution in [-0.2, 0) is 13.6 Å². The van der Waals surface area contributed by atoms with Gasteiger partial charge in [0.2, 0.25) is 5.95 Å². The maximum atomic E-state index is 12.4. The van der Waals surface area contributed by atoms with Gasteiger partial charge >= 0.3 is 5.69 Å². The van der Waals surface area contributed by atoms with Gasteiger partial charge in [-0.3, -0.25) is 14.3 Å². The Balaban J connectivity index is 1.80. The third-order valence-electron chi connectivity index (χ3n) is 5.03. The Labute approximate surface area is 155 Å². The highest BCUT2D eigenvalue weighted by atomic mass is 16.2. The summed E-state index contributed by atoms with van der Waals surface area (Å²) >= 11 is 0. The zero-order chi connectivity index (χ0) is 19.0. The van der Waals surface area contributed by atoms with Crippen molar-refractivity contribution < 1.29 is 0 Å². The molecule has 1 saturated heterocycles. The summed E-state index contributed by atoms with van der Waals surface area (Å²) in [6, 6.07) is 0. The molecule has 0 aliphatic carbocycles. The molecule has 142 valence electrons. The van der Waals surface area contributed by atoms with Gasteiger partial charge in [0.25, 0.3) is 5.56 Å². The smallest absolute Gasteiger partial charge is 0.330 e. The zero-order valence-electron chi connectivity index (χ0n) is 15.6. The molecule has 1 fully saturated rings. The largest absolute Gasteiger partial charge is 0.341 e. The lowest BCUT2D eigenvalue weighted by Crippen LogP contribution is -2.31. The number of fused-ring (bicyclic) bond motifs is 1. The molecular weight excluding hydrogens is 346 g/mol. The Kier molecular flexibility index (Phi) is 4.51. The molecule has 27 heavy (non-hydrogen) atoms. The number of unbranched alkanes of at least 4 members (excludes halogenated alkanes) is 1. The van der Waals surface area contributed by atoms with Crippen LogP contribution in [0.5, 0.6) is 0 Å². The number of hydrogen-bond donors (Lipinski definition) is 1. The van der Waals surface area contributed by atoms with Gasteiger partial charge in [0.05, 0.1) is 5.56 Å². The van der Waals surface area contributed by atoms with Crippen molar-refractivity contribution in [2.45, 2.75) is 39.2 Å². The summed E-state index contributed by atoms with van der Waals surface area (Å²) in [6.45, 7) is 4.52. The lowest BCUT2D eigenvalue weighted by atomic mass is 10.3. The molecule has 1 N–H and O–H groups in total. The summed E-state index contributed by atoms with van der Waals surface area (Å²) in [6.07, 6.45) is 7.55. The van der Waals surface area contributed by atoms with Crippen LogP contribution in [0, 0.1) is 0 Å². The summed E-state index contributed by atoms with van der Waals surface area (Å²) in [5, 5.41) is 0. The Morgan fingerprint density at radius 2 is 1.85 bits per heavy atom. The number of aromatic amines is 1. The van der Waals surface area contributed by atoms with E-state index < -0.39 is 11.2 Å². The van der Waals surface area contributed by atoms with Crippen LogP contribution < -0.4 is 16.1 Å². The van der Waals surface area contributed by atoms with E-state index in [4.69, 9.17) is 0 Å². The van der Waals surface area contributed by atoms with Gasteiger partial charge in [-0.05, 0) is 19.3 Å². The highest BCUT2D eigenvalue weighted by molar-refractivity contribution is 5.76. The Hall–Kier alpha value is -2.97. The second-order valence-corrected chi connectivity index (χ2v) is 6.90. The third-order valence-corrected chi connectivity index (χ3v) is 5.03. The maximum Gasteiger partial charge on any atom is 0.330 e. The van der Waals surface area contributed by atoms with Crippen molar-refractivity contribution >= 4 is 17.1 Å². The number of aromatic nitrogens is 6. The molecule has 0 bridgehead atoms. The van der Waals surface area contributed by atoms with Gasteiger partial charge in [0, 0.05) is 39.1 Å². The number of nitrogens with zero attached hydrogens (tertiary/aromatic N) is 6. The van der Waals surface area contributed by atoms with E-state index in [1.165, 1.54) is 4.57 Å². The van der Waals surface area contributed by atoms with Crippen molar-refractivity contribution in [3.63, 3.8) is 0 Å². The predicted octanol–water partition coefficient (Wildman–Crippen LogP) is 1.28. The summed E-state index contributed by atoms with van der Waals surface area (Å²) < 4.78 is 3.23. The van der Waals surface area contributed by atoms with Crippen LogP contribution >= 0.6 is 0 Å². The standard InChI is InChI=1S/C18H23N7O2/c1-3-4-9-25-15-13(16(26)22-18(25)27)23(2)14(21-15)12-10-19-17(20-11-12)24-7-5-6-8-24/h10-11H,3-9H2,1-2H3,(H,22,26,27). The molecule has 4 heterocycles. The molecule has 0 saturated carbocycles. The summed E-state index contributed by atoms with van der Waals surface area (Å²) in [5.74, 6) is 1.28. The molecular formula is C18H23N7O2. The fourth-order valence-corrected chi connectivity index (χ4v) is 3.55. The molecule has 4 rings (SSSR count). The Morgan fingerprint density at radius 1 is 1.15 bits per heavy atom. The molecule has 3 aromatic heterocycles. The van der Waals surface area contributed by atoms with E-state index in [0.29, 0.717) is 35.0 Å². The van der Waals surface area contributed by atoms with E-state index >= 15 is 0 Å². The first-order chi connectivity index (χ1) is 13.1. The van der Waals surface area contributed by atoms with Crippen LogP contribution in [0.25, 0.3) is 22.6 Å². The van der Waals surface area contributed by atoms with Crippen molar-refractivity contribution in [1.82, 2.24) is 29.1 Å². The highest BCUT2D eigenvalue weighted by Crippen LogP contribution is 2.22. The topological polar surface area (TPSA) is 102 Å². The van der Waals surface area contributed by atoms with E-state index in [1.54, 1.807) is 24.0 Å². The molecule has 1 aliphatic rings. The molecule has 3 aromatic rings. The van der Waals surface area contributed by atoms with E-state index in [9.17, 15) is 9.59 Å². The summed E-state index contributed by atoms with van der Waals surface area (Å²) in [4.78, 5) is 42.7. The highest BCUT2D eigenvalue weighted by Gasteiger charge is 2.19. The van der Waals surface area contributed by atoms with Crippen LogP contribution in [0.2, 0.25) is 0 Å². The lowest BCUT2D eigenvalue weighted by Gasteiger charge is -2.14. The molecule has 0 aromatic carbocycles. The molecule has 9 heteroatoms. The molecule has 0 amide bonds. The molecule has 0 unspecified atom stereocenters. The van der Waals surface area contributed by atoms with Crippen LogP contribution in [0.3, 0.4) is 0 Å². The molecule has 0 radical (unpaired) electrons. The van der Waals surface area contributed by atoms with Crippen LogP contribution in [0.1, 0.15) is 32.6 Å². The molecule has 9 nitrogen and oxygen atoms in total. The molecule has 1 aliphatic heterocycles. The number of nitrogens with one attached hydrogen (secondary N) is 1. The van der Waals surface area contributed by atoms with E-state index in [1.807, 2.05) is 0 Å². The van der Waals surface area contributed by atoms with Gasteiger partial charge in [-0.15, -0.1) is 0 Å². The van der Waals surface area contributed by atoms with Crippen molar-refractivity contribution in [3.8, 4) is 11.4 Å². The average molecular weight is 369 g/mol. The fraction of sp³-hybridized carbons (Fsp3) is 0.500. The minimum Gasteiger partial charge on any atom is -0.341 e. The Bertz CT molecular complexity index is 1070.